The molecule has 1 fully saturated rings. The minimum absolute atomic E-state index is 0.0922. The second kappa shape index (κ2) is 10.9. The van der Waals surface area contributed by atoms with Crippen molar-refractivity contribution in [2.24, 2.45) is 0 Å². The van der Waals surface area contributed by atoms with E-state index >= 15 is 0 Å². The van der Waals surface area contributed by atoms with Gasteiger partial charge in [0.2, 0.25) is 0 Å². The van der Waals surface area contributed by atoms with Gasteiger partial charge in [0, 0.05) is 24.2 Å². The van der Waals surface area contributed by atoms with E-state index in [9.17, 15) is 13.2 Å². The molecular formula is C25H29N3O5S. The van der Waals surface area contributed by atoms with E-state index in [0.29, 0.717) is 17.7 Å². The van der Waals surface area contributed by atoms with Gasteiger partial charge in [0.05, 0.1) is 17.0 Å². The van der Waals surface area contributed by atoms with E-state index in [-0.39, 0.29) is 4.90 Å². The number of likely N-dealkylation sites (tertiary alicyclic amines) is 1. The number of carbonyl (C=O) groups is 1. The Balaban J connectivity index is 1.46. The highest BCUT2D eigenvalue weighted by molar-refractivity contribution is 7.90. The van der Waals surface area contributed by atoms with Gasteiger partial charge in [-0.3, -0.25) is 10.0 Å². The van der Waals surface area contributed by atoms with Gasteiger partial charge >= 0.3 is 0 Å². The quantitative estimate of drug-likeness (QED) is 0.209. The van der Waals surface area contributed by atoms with Crippen LogP contribution < -0.4 is 10.2 Å². The summed E-state index contributed by atoms with van der Waals surface area (Å²) in [6, 6.07) is 13.4. The number of aromatic nitrogens is 1. The van der Waals surface area contributed by atoms with Crippen LogP contribution in [0.25, 0.3) is 17.0 Å². The summed E-state index contributed by atoms with van der Waals surface area (Å²) in [5.74, 6) is 0.0183. The largest absolute Gasteiger partial charge is 0.494 e. The Morgan fingerprint density at radius 1 is 1.09 bits per heavy atom. The number of hydrogen-bond donors (Lipinski definition) is 2. The van der Waals surface area contributed by atoms with Crippen molar-refractivity contribution in [3.8, 4) is 5.75 Å². The number of amides is 1. The lowest BCUT2D eigenvalue weighted by Gasteiger charge is -2.26. The topological polar surface area (TPSA) is 101 Å². The summed E-state index contributed by atoms with van der Waals surface area (Å²) in [7, 11) is -3.85. The highest BCUT2D eigenvalue weighted by Gasteiger charge is 2.19. The fraction of sp³-hybridized carbons (Fsp3) is 0.320. The van der Waals surface area contributed by atoms with Crippen LogP contribution in [0.5, 0.6) is 5.75 Å². The first-order valence-corrected chi connectivity index (χ1v) is 12.9. The lowest BCUT2D eigenvalue weighted by atomic mass is 10.1. The molecule has 0 bridgehead atoms. The molecule has 1 saturated heterocycles. The molecule has 34 heavy (non-hydrogen) atoms. The zero-order chi connectivity index (χ0) is 24.0. The molecule has 3 aromatic rings. The van der Waals surface area contributed by atoms with Crippen LogP contribution in [0.3, 0.4) is 0 Å². The SMILES string of the molecule is O=C(/C=C/c1cccc(S(=O)(=O)n2ccc3cc(OCCCN4CCCCC4)ccc32)c1)NO. The summed E-state index contributed by atoms with van der Waals surface area (Å²) in [6.07, 6.45) is 8.91. The molecule has 180 valence electrons. The van der Waals surface area contributed by atoms with E-state index in [1.54, 1.807) is 30.3 Å². The average molecular weight is 484 g/mol. The normalized spacial score (nSPS) is 15.1. The maximum atomic E-state index is 13.3. The van der Waals surface area contributed by atoms with E-state index in [2.05, 4.69) is 4.90 Å². The molecule has 1 aromatic heterocycles. The van der Waals surface area contributed by atoms with Gasteiger partial charge in [-0.15, -0.1) is 0 Å². The molecule has 1 aliphatic rings. The molecule has 0 radical (unpaired) electrons. The number of benzene rings is 2. The van der Waals surface area contributed by atoms with E-state index in [1.165, 1.54) is 66.2 Å². The Bertz CT molecular complexity index is 1280. The number of rotatable bonds is 9. The third kappa shape index (κ3) is 5.67. The van der Waals surface area contributed by atoms with Crippen LogP contribution in [0.1, 0.15) is 31.2 Å². The first-order chi connectivity index (χ1) is 16.5. The number of ether oxygens (including phenoxy) is 1. The first-order valence-electron chi connectivity index (χ1n) is 11.4. The van der Waals surface area contributed by atoms with Gasteiger partial charge in [0.25, 0.3) is 15.9 Å². The van der Waals surface area contributed by atoms with Gasteiger partial charge in [-0.25, -0.2) is 17.9 Å². The van der Waals surface area contributed by atoms with Crippen LogP contribution in [0.2, 0.25) is 0 Å². The van der Waals surface area contributed by atoms with E-state index < -0.39 is 15.9 Å². The standard InChI is InChI=1S/C25H29N3O5S/c29-25(26-30)11-8-20-6-4-7-23(18-20)34(31,32)28-16-12-21-19-22(9-10-24(21)28)33-17-5-15-27-13-2-1-3-14-27/h4,6-12,16,18-19,30H,1-3,5,13-15,17H2,(H,26,29)/b11-8+. The minimum atomic E-state index is -3.85. The van der Waals surface area contributed by atoms with Crippen molar-refractivity contribution in [3.63, 3.8) is 0 Å². The molecule has 0 unspecified atom stereocenters. The Hall–Kier alpha value is -3.14. The summed E-state index contributed by atoms with van der Waals surface area (Å²) in [5, 5.41) is 9.37. The predicted molar refractivity (Wildman–Crippen MR) is 130 cm³/mol. The summed E-state index contributed by atoms with van der Waals surface area (Å²) >= 11 is 0. The Morgan fingerprint density at radius 2 is 1.91 bits per heavy atom. The summed E-state index contributed by atoms with van der Waals surface area (Å²) in [4.78, 5) is 13.8. The molecule has 8 nitrogen and oxygen atoms in total. The van der Waals surface area contributed by atoms with Gasteiger partial charge < -0.3 is 9.64 Å². The molecule has 2 heterocycles. The Labute approximate surface area is 199 Å². The van der Waals surface area contributed by atoms with Crippen LogP contribution in [0.15, 0.2) is 65.7 Å². The number of fused-ring (bicyclic) bond motifs is 1. The van der Waals surface area contributed by atoms with E-state index in [0.717, 1.165) is 30.2 Å². The third-order valence-corrected chi connectivity index (χ3v) is 7.60. The van der Waals surface area contributed by atoms with Gasteiger partial charge in [-0.05, 0) is 80.4 Å². The molecule has 2 aromatic carbocycles. The number of piperidine rings is 1. The average Bonchev–Trinajstić information content (AvgIpc) is 3.30. The smallest absolute Gasteiger partial charge is 0.268 e. The molecule has 0 aliphatic carbocycles. The fourth-order valence-electron chi connectivity index (χ4n) is 4.16. The maximum Gasteiger partial charge on any atom is 0.268 e. The molecule has 4 rings (SSSR count). The highest BCUT2D eigenvalue weighted by Crippen LogP contribution is 2.26. The van der Waals surface area contributed by atoms with Crippen molar-refractivity contribution in [1.82, 2.24) is 14.4 Å². The maximum absolute atomic E-state index is 13.3. The van der Waals surface area contributed by atoms with Crippen molar-refractivity contribution < 1.29 is 23.2 Å². The lowest BCUT2D eigenvalue weighted by Crippen LogP contribution is -2.31. The second-order valence-electron chi connectivity index (χ2n) is 8.32. The van der Waals surface area contributed by atoms with Crippen LogP contribution in [0, 0.1) is 0 Å². The van der Waals surface area contributed by atoms with E-state index in [1.807, 2.05) is 6.07 Å². The highest BCUT2D eigenvalue weighted by atomic mass is 32.2. The fourth-order valence-corrected chi connectivity index (χ4v) is 5.57. The number of hydrogen-bond acceptors (Lipinski definition) is 6. The van der Waals surface area contributed by atoms with Crippen LogP contribution in [-0.4, -0.2) is 54.6 Å². The van der Waals surface area contributed by atoms with Crippen molar-refractivity contribution in [3.05, 3.63) is 66.4 Å². The molecular weight excluding hydrogens is 454 g/mol. The summed E-state index contributed by atoms with van der Waals surface area (Å²) < 4.78 is 33.7. The summed E-state index contributed by atoms with van der Waals surface area (Å²) in [5.41, 5.74) is 2.57. The summed E-state index contributed by atoms with van der Waals surface area (Å²) in [6.45, 7) is 4.00. The van der Waals surface area contributed by atoms with Crippen molar-refractivity contribution in [1.29, 1.82) is 0 Å². The van der Waals surface area contributed by atoms with Crippen LogP contribution in [-0.2, 0) is 14.8 Å². The molecule has 0 atom stereocenters. The van der Waals surface area contributed by atoms with Gasteiger partial charge in [-0.1, -0.05) is 18.6 Å². The first kappa shape index (κ1) is 24.0. The molecule has 0 spiro atoms. The third-order valence-electron chi connectivity index (χ3n) is 5.91. The second-order valence-corrected chi connectivity index (χ2v) is 10.1. The zero-order valence-corrected chi connectivity index (χ0v) is 19.7. The number of nitrogens with one attached hydrogen (secondary N) is 1. The molecule has 1 amide bonds. The lowest BCUT2D eigenvalue weighted by molar-refractivity contribution is -0.124. The molecule has 1 aliphatic heterocycles. The Morgan fingerprint density at radius 3 is 2.71 bits per heavy atom. The molecule has 2 N–H and O–H groups in total. The molecule has 0 saturated carbocycles. The minimum Gasteiger partial charge on any atom is -0.494 e. The number of carbonyl (C=O) groups excluding carboxylic acids is 1. The van der Waals surface area contributed by atoms with E-state index in [4.69, 9.17) is 9.94 Å². The van der Waals surface area contributed by atoms with Crippen LogP contribution in [0.4, 0.5) is 0 Å². The number of nitrogens with zero attached hydrogens (tertiary/aromatic N) is 2. The van der Waals surface area contributed by atoms with Gasteiger partial charge in [0.15, 0.2) is 0 Å². The van der Waals surface area contributed by atoms with Crippen molar-refractivity contribution >= 4 is 32.9 Å². The van der Waals surface area contributed by atoms with Gasteiger partial charge in [-0.2, -0.15) is 0 Å². The Kier molecular flexibility index (Phi) is 7.66. The van der Waals surface area contributed by atoms with Crippen molar-refractivity contribution in [2.45, 2.75) is 30.6 Å². The van der Waals surface area contributed by atoms with Crippen molar-refractivity contribution in [2.75, 3.05) is 26.2 Å². The van der Waals surface area contributed by atoms with Gasteiger partial charge in [0.1, 0.15) is 5.75 Å². The zero-order valence-electron chi connectivity index (χ0n) is 18.9. The number of hydroxylamine groups is 1. The van der Waals surface area contributed by atoms with Crippen LogP contribution >= 0.6 is 0 Å². The predicted octanol–water partition coefficient (Wildman–Crippen LogP) is 3.65. The molecule has 9 heteroatoms. The monoisotopic (exact) mass is 483 g/mol.